The summed E-state index contributed by atoms with van der Waals surface area (Å²) < 4.78 is 5.48. The minimum absolute atomic E-state index is 0.134. The highest BCUT2D eigenvalue weighted by molar-refractivity contribution is 7.09. The Morgan fingerprint density at radius 1 is 0.946 bits per heavy atom. The summed E-state index contributed by atoms with van der Waals surface area (Å²) in [5, 5.41) is 3.36. The zero-order valence-electron chi connectivity index (χ0n) is 20.0. The van der Waals surface area contributed by atoms with Crippen LogP contribution in [0.25, 0.3) is 10.9 Å². The fraction of sp³-hybridized carbons (Fsp3) is 0.231. The number of fused-ring (bicyclic) bond motifs is 1. The number of pyridine rings is 2. The maximum Gasteiger partial charge on any atom is 0.289 e. The minimum Gasteiger partial charge on any atom is -0.496 e. The van der Waals surface area contributed by atoms with Crippen molar-refractivity contribution in [2.75, 3.05) is 20.2 Å². The van der Waals surface area contributed by atoms with Gasteiger partial charge in [0.2, 0.25) is 0 Å². The lowest BCUT2D eigenvalue weighted by atomic mass is 9.97. The molecule has 4 heterocycles. The molecule has 0 saturated carbocycles. The molecule has 1 fully saturated rings. The van der Waals surface area contributed by atoms with Crippen LogP contribution in [-0.2, 0) is 0 Å². The van der Waals surface area contributed by atoms with Gasteiger partial charge in [0, 0.05) is 42.0 Å². The molecule has 0 unspecified atom stereocenters. The van der Waals surface area contributed by atoms with Crippen LogP contribution in [0.1, 0.15) is 55.2 Å². The monoisotopic (exact) mass is 516 g/mol. The van der Waals surface area contributed by atoms with Crippen LogP contribution in [0.3, 0.4) is 0 Å². The zero-order valence-corrected chi connectivity index (χ0v) is 20.8. The van der Waals surface area contributed by atoms with E-state index in [4.69, 9.17) is 4.74 Å². The second-order valence-electron chi connectivity index (χ2n) is 8.49. The van der Waals surface area contributed by atoms with Crippen molar-refractivity contribution in [3.63, 3.8) is 0 Å². The molecule has 3 amide bonds. The predicted molar refractivity (Wildman–Crippen MR) is 137 cm³/mol. The molecule has 0 radical (unpaired) electrons. The Balaban J connectivity index is 1.18. The first-order chi connectivity index (χ1) is 18.0. The number of amides is 3. The number of thiazole rings is 1. The predicted octanol–water partition coefficient (Wildman–Crippen LogP) is 3.19. The Morgan fingerprint density at radius 3 is 2.41 bits per heavy atom. The van der Waals surface area contributed by atoms with E-state index in [9.17, 15) is 14.4 Å². The van der Waals surface area contributed by atoms with E-state index < -0.39 is 11.8 Å². The van der Waals surface area contributed by atoms with Crippen LogP contribution >= 0.6 is 11.3 Å². The third-order valence-electron chi connectivity index (χ3n) is 6.19. The van der Waals surface area contributed by atoms with Crippen molar-refractivity contribution in [1.29, 1.82) is 0 Å². The minimum atomic E-state index is -0.514. The van der Waals surface area contributed by atoms with Gasteiger partial charge in [-0.25, -0.2) is 9.97 Å². The third-order valence-corrected chi connectivity index (χ3v) is 7.20. The Labute approximate surface area is 216 Å². The molecule has 0 bridgehead atoms. The molecule has 0 atom stereocenters. The molecule has 37 heavy (non-hydrogen) atoms. The van der Waals surface area contributed by atoms with Gasteiger partial charge in [0.25, 0.3) is 17.7 Å². The molecule has 1 aliphatic rings. The van der Waals surface area contributed by atoms with Crippen molar-refractivity contribution in [2.45, 2.75) is 18.8 Å². The van der Waals surface area contributed by atoms with Gasteiger partial charge < -0.3 is 9.64 Å². The number of rotatable bonds is 5. The number of nitrogens with one attached hydrogen (secondary N) is 2. The number of hydrogen-bond acceptors (Lipinski definition) is 8. The van der Waals surface area contributed by atoms with Crippen molar-refractivity contribution in [3.8, 4) is 5.75 Å². The molecule has 5 rings (SSSR count). The maximum absolute atomic E-state index is 13.2. The molecule has 2 N–H and O–H groups in total. The average molecular weight is 517 g/mol. The number of para-hydroxylation sites is 1. The largest absolute Gasteiger partial charge is 0.496 e. The number of ether oxygens (including phenoxy) is 1. The molecule has 4 aromatic rings. The van der Waals surface area contributed by atoms with Gasteiger partial charge in [-0.1, -0.05) is 18.2 Å². The van der Waals surface area contributed by atoms with Gasteiger partial charge in [-0.2, -0.15) is 0 Å². The third kappa shape index (κ3) is 5.26. The van der Waals surface area contributed by atoms with Crippen LogP contribution in [0.15, 0.2) is 60.1 Å². The van der Waals surface area contributed by atoms with Crippen LogP contribution in [0.5, 0.6) is 5.75 Å². The molecule has 1 aromatic carbocycles. The second kappa shape index (κ2) is 10.7. The average Bonchev–Trinajstić information content (AvgIpc) is 3.46. The maximum atomic E-state index is 13.2. The van der Waals surface area contributed by atoms with Gasteiger partial charge in [0.15, 0.2) is 0 Å². The van der Waals surface area contributed by atoms with E-state index >= 15 is 0 Å². The molecule has 3 aromatic heterocycles. The zero-order chi connectivity index (χ0) is 25.8. The summed E-state index contributed by atoms with van der Waals surface area (Å²) in [7, 11) is 1.58. The number of piperidine rings is 1. The Bertz CT molecular complexity index is 1450. The number of methoxy groups -OCH3 is 1. The normalized spacial score (nSPS) is 13.8. The van der Waals surface area contributed by atoms with Crippen LogP contribution in [0.2, 0.25) is 0 Å². The molecular weight excluding hydrogens is 492 g/mol. The fourth-order valence-corrected chi connectivity index (χ4v) is 5.20. The van der Waals surface area contributed by atoms with E-state index in [1.54, 1.807) is 41.7 Å². The van der Waals surface area contributed by atoms with Crippen molar-refractivity contribution in [3.05, 3.63) is 82.2 Å². The molecule has 0 aliphatic carbocycles. The number of aromatic nitrogens is 3. The van der Waals surface area contributed by atoms with Gasteiger partial charge in [0.05, 0.1) is 17.6 Å². The fourth-order valence-electron chi connectivity index (χ4n) is 4.23. The molecule has 11 heteroatoms. The van der Waals surface area contributed by atoms with Crippen molar-refractivity contribution < 1.29 is 19.1 Å². The van der Waals surface area contributed by atoms with Gasteiger partial charge in [-0.05, 0) is 37.1 Å². The van der Waals surface area contributed by atoms with E-state index in [0.29, 0.717) is 30.0 Å². The van der Waals surface area contributed by atoms with E-state index in [2.05, 4.69) is 25.8 Å². The first-order valence-corrected chi connectivity index (χ1v) is 12.6. The van der Waals surface area contributed by atoms with Gasteiger partial charge in [-0.15, -0.1) is 11.3 Å². The van der Waals surface area contributed by atoms with Crippen LogP contribution in [0, 0.1) is 0 Å². The highest BCUT2D eigenvalue weighted by Gasteiger charge is 2.28. The van der Waals surface area contributed by atoms with Crippen LogP contribution in [0.4, 0.5) is 0 Å². The number of carbonyl (C=O) groups excluding carboxylic acids is 3. The quantitative estimate of drug-likeness (QED) is 0.390. The second-order valence-corrected chi connectivity index (χ2v) is 9.38. The summed E-state index contributed by atoms with van der Waals surface area (Å²) >= 11 is 1.40. The number of nitrogens with zero attached hydrogens (tertiary/aromatic N) is 4. The summed E-state index contributed by atoms with van der Waals surface area (Å²) in [4.78, 5) is 52.5. The van der Waals surface area contributed by atoms with E-state index in [1.165, 1.54) is 17.5 Å². The summed E-state index contributed by atoms with van der Waals surface area (Å²) in [6, 6.07) is 14.2. The molecule has 1 aliphatic heterocycles. The number of likely N-dealkylation sites (tertiary alicyclic amines) is 1. The SMILES string of the molecule is COc1cc(C(=O)N2CCC(c3nc(C(=O)NNC(=O)c4ccccn4)cs3)CC2)nc2ccccc12. The molecule has 1 saturated heterocycles. The number of hydrazine groups is 1. The van der Waals surface area contributed by atoms with E-state index in [0.717, 1.165) is 23.2 Å². The van der Waals surface area contributed by atoms with Gasteiger partial charge in [-0.3, -0.25) is 30.2 Å². The number of benzene rings is 1. The van der Waals surface area contributed by atoms with Crippen molar-refractivity contribution in [1.82, 2.24) is 30.7 Å². The lowest BCUT2D eigenvalue weighted by molar-refractivity contribution is 0.0706. The Kier molecular flexibility index (Phi) is 7.04. The van der Waals surface area contributed by atoms with E-state index in [1.807, 2.05) is 24.3 Å². The lowest BCUT2D eigenvalue weighted by Gasteiger charge is -2.31. The topological polar surface area (TPSA) is 126 Å². The van der Waals surface area contributed by atoms with Crippen molar-refractivity contribution >= 4 is 40.0 Å². The van der Waals surface area contributed by atoms with E-state index in [-0.39, 0.29) is 23.2 Å². The first-order valence-electron chi connectivity index (χ1n) is 11.7. The highest BCUT2D eigenvalue weighted by Crippen LogP contribution is 2.31. The Hall–Kier alpha value is -4.38. The summed E-state index contributed by atoms with van der Waals surface area (Å²) in [6.07, 6.45) is 2.94. The Morgan fingerprint density at radius 2 is 1.68 bits per heavy atom. The number of hydrogen-bond donors (Lipinski definition) is 2. The molecule has 188 valence electrons. The number of carbonyl (C=O) groups is 3. The highest BCUT2D eigenvalue weighted by atomic mass is 32.1. The van der Waals surface area contributed by atoms with Gasteiger partial charge >= 0.3 is 0 Å². The summed E-state index contributed by atoms with van der Waals surface area (Å²) in [5.74, 6) is -0.396. The summed E-state index contributed by atoms with van der Waals surface area (Å²) in [5.41, 5.74) is 6.21. The van der Waals surface area contributed by atoms with Crippen molar-refractivity contribution in [2.24, 2.45) is 0 Å². The molecule has 0 spiro atoms. The smallest absolute Gasteiger partial charge is 0.289 e. The van der Waals surface area contributed by atoms with Crippen LogP contribution < -0.4 is 15.6 Å². The molecule has 10 nitrogen and oxygen atoms in total. The molecular formula is C26H24N6O4S. The van der Waals surface area contributed by atoms with Crippen LogP contribution in [-0.4, -0.2) is 57.8 Å². The first kappa shape index (κ1) is 24.3. The lowest BCUT2D eigenvalue weighted by Crippen LogP contribution is -2.42. The van der Waals surface area contributed by atoms with Gasteiger partial charge in [0.1, 0.15) is 22.8 Å². The summed E-state index contributed by atoms with van der Waals surface area (Å²) in [6.45, 7) is 1.11. The standard InChI is InChI=1S/C26H24N6O4S/c1-36-22-14-20(28-18-7-3-2-6-17(18)22)26(35)32-12-9-16(10-13-32)25-29-21(15-37-25)24(34)31-30-23(33)19-8-4-5-11-27-19/h2-8,11,14-16H,9-10,12-13H2,1H3,(H,30,33)(H,31,34).